The minimum atomic E-state index is -3.07. The molecule has 1 aromatic carbocycles. The van der Waals surface area contributed by atoms with E-state index in [4.69, 9.17) is 9.47 Å². The Kier molecular flexibility index (Phi) is 6.65. The van der Waals surface area contributed by atoms with Gasteiger partial charge < -0.3 is 14.4 Å². The van der Waals surface area contributed by atoms with Crippen molar-refractivity contribution in [3.8, 4) is 5.75 Å². The summed E-state index contributed by atoms with van der Waals surface area (Å²) >= 11 is 0. The predicted octanol–water partition coefficient (Wildman–Crippen LogP) is 2.69. The topological polar surface area (TPSA) is 72.9 Å². The molecule has 0 aromatic heterocycles. The molecule has 2 fully saturated rings. The molecule has 0 bridgehead atoms. The number of carbonyl (C=O) groups excluding carboxylic acids is 1. The second kappa shape index (κ2) is 8.82. The van der Waals surface area contributed by atoms with Gasteiger partial charge in [0.05, 0.1) is 17.6 Å². The van der Waals surface area contributed by atoms with Gasteiger partial charge in [-0.2, -0.15) is 0 Å². The van der Waals surface area contributed by atoms with Crippen molar-refractivity contribution in [1.82, 2.24) is 4.90 Å². The highest BCUT2D eigenvalue weighted by Gasteiger charge is 2.36. The van der Waals surface area contributed by atoms with Crippen LogP contribution in [0.5, 0.6) is 5.75 Å². The lowest BCUT2D eigenvalue weighted by Crippen LogP contribution is -2.47. The summed E-state index contributed by atoms with van der Waals surface area (Å²) in [6.45, 7) is 7.22. The lowest BCUT2D eigenvalue weighted by atomic mass is 10.0. The van der Waals surface area contributed by atoms with Crippen LogP contribution >= 0.6 is 0 Å². The monoisotopic (exact) mass is 409 g/mol. The predicted molar refractivity (Wildman–Crippen MR) is 109 cm³/mol. The minimum absolute atomic E-state index is 0.0163. The summed E-state index contributed by atoms with van der Waals surface area (Å²) in [6.07, 6.45) is 2.35. The second-order valence-electron chi connectivity index (χ2n) is 8.22. The zero-order chi connectivity index (χ0) is 20.3. The van der Waals surface area contributed by atoms with Gasteiger partial charge in [0.25, 0.3) is 5.91 Å². The molecule has 2 aliphatic rings. The fourth-order valence-corrected chi connectivity index (χ4v) is 5.68. The van der Waals surface area contributed by atoms with Gasteiger partial charge in [-0.15, -0.1) is 0 Å². The summed E-state index contributed by atoms with van der Waals surface area (Å²) in [4.78, 5) is 14.7. The zero-order valence-corrected chi connectivity index (χ0v) is 17.8. The molecule has 0 saturated carbocycles. The van der Waals surface area contributed by atoms with Crippen molar-refractivity contribution in [3.05, 3.63) is 29.3 Å². The van der Waals surface area contributed by atoms with E-state index in [1.807, 2.05) is 25.1 Å². The molecule has 0 radical (unpaired) electrons. The van der Waals surface area contributed by atoms with E-state index in [1.54, 1.807) is 4.90 Å². The van der Waals surface area contributed by atoms with E-state index in [0.29, 0.717) is 19.6 Å². The molecule has 0 unspecified atom stereocenters. The molecule has 3 rings (SSSR count). The van der Waals surface area contributed by atoms with Crippen molar-refractivity contribution in [2.45, 2.75) is 58.1 Å². The Labute approximate surface area is 168 Å². The van der Waals surface area contributed by atoms with Gasteiger partial charge in [0.2, 0.25) is 0 Å². The van der Waals surface area contributed by atoms with Gasteiger partial charge in [-0.1, -0.05) is 26.0 Å². The van der Waals surface area contributed by atoms with Crippen LogP contribution in [0.3, 0.4) is 0 Å². The first-order valence-corrected chi connectivity index (χ1v) is 11.9. The number of aryl methyl sites for hydroxylation is 1. The van der Waals surface area contributed by atoms with E-state index in [2.05, 4.69) is 13.8 Å². The lowest BCUT2D eigenvalue weighted by molar-refractivity contribution is -0.137. The first-order chi connectivity index (χ1) is 13.2. The number of carbonyl (C=O) groups is 1. The smallest absolute Gasteiger partial charge is 0.260 e. The number of ether oxygens (including phenoxy) is 2. The maximum Gasteiger partial charge on any atom is 0.260 e. The molecule has 6 nitrogen and oxygen atoms in total. The summed E-state index contributed by atoms with van der Waals surface area (Å²) in [7, 11) is -3.07. The Morgan fingerprint density at radius 3 is 2.71 bits per heavy atom. The van der Waals surface area contributed by atoms with E-state index in [0.717, 1.165) is 29.7 Å². The molecular formula is C21H31NO5S. The van der Waals surface area contributed by atoms with E-state index in [9.17, 15) is 13.2 Å². The quantitative estimate of drug-likeness (QED) is 0.692. The van der Waals surface area contributed by atoms with Gasteiger partial charge in [-0.05, 0) is 49.3 Å². The number of sulfone groups is 1. The van der Waals surface area contributed by atoms with Crippen molar-refractivity contribution >= 4 is 15.7 Å². The van der Waals surface area contributed by atoms with Gasteiger partial charge in [0, 0.05) is 19.2 Å². The first kappa shape index (κ1) is 21.1. The van der Waals surface area contributed by atoms with E-state index in [1.165, 1.54) is 0 Å². The Morgan fingerprint density at radius 2 is 2.11 bits per heavy atom. The molecule has 2 aliphatic heterocycles. The third-order valence-corrected chi connectivity index (χ3v) is 7.29. The molecular weight excluding hydrogens is 378 g/mol. The molecule has 1 amide bonds. The molecule has 2 saturated heterocycles. The maximum absolute atomic E-state index is 13.0. The average Bonchev–Trinajstić information content (AvgIpc) is 3.26. The number of hydrogen-bond acceptors (Lipinski definition) is 5. The van der Waals surface area contributed by atoms with Crippen LogP contribution in [0.1, 0.15) is 50.2 Å². The summed E-state index contributed by atoms with van der Waals surface area (Å²) in [5.41, 5.74) is 2.14. The van der Waals surface area contributed by atoms with Crippen molar-refractivity contribution in [2.75, 3.05) is 31.3 Å². The molecule has 2 atom stereocenters. The summed E-state index contributed by atoms with van der Waals surface area (Å²) < 4.78 is 35.5. The fraction of sp³-hybridized carbons (Fsp3) is 0.667. The van der Waals surface area contributed by atoms with E-state index in [-0.39, 0.29) is 42.1 Å². The number of amides is 1. The number of nitrogens with zero attached hydrogens (tertiary/aromatic N) is 1. The van der Waals surface area contributed by atoms with Crippen molar-refractivity contribution in [2.24, 2.45) is 0 Å². The molecule has 0 N–H and O–H groups in total. The molecule has 7 heteroatoms. The SMILES string of the molecule is Cc1ccc(C(C)C)c(OCC(=O)N(C[C@H]2CCCO2)[C@@H]2CCS(=O)(=O)C2)c1. The molecule has 1 aromatic rings. The Morgan fingerprint density at radius 1 is 1.32 bits per heavy atom. The van der Waals surface area contributed by atoms with Gasteiger partial charge >= 0.3 is 0 Å². The van der Waals surface area contributed by atoms with Crippen molar-refractivity contribution in [3.63, 3.8) is 0 Å². The van der Waals surface area contributed by atoms with Gasteiger partial charge in [0.1, 0.15) is 5.75 Å². The van der Waals surface area contributed by atoms with Crippen LogP contribution in [0, 0.1) is 6.92 Å². The molecule has 156 valence electrons. The van der Waals surface area contributed by atoms with Crippen LogP contribution in [0.15, 0.2) is 18.2 Å². The minimum Gasteiger partial charge on any atom is -0.483 e. The third kappa shape index (κ3) is 5.26. The lowest BCUT2D eigenvalue weighted by Gasteiger charge is -2.30. The first-order valence-electron chi connectivity index (χ1n) is 10.1. The highest BCUT2D eigenvalue weighted by molar-refractivity contribution is 7.91. The van der Waals surface area contributed by atoms with Crippen LogP contribution in [0.25, 0.3) is 0 Å². The fourth-order valence-electron chi connectivity index (χ4n) is 3.95. The third-order valence-electron chi connectivity index (χ3n) is 5.54. The highest BCUT2D eigenvalue weighted by Crippen LogP contribution is 2.28. The maximum atomic E-state index is 13.0. The summed E-state index contributed by atoms with van der Waals surface area (Å²) in [6, 6.07) is 5.74. The normalized spacial score (nSPS) is 23.9. The van der Waals surface area contributed by atoms with Gasteiger partial charge in [-0.3, -0.25) is 4.79 Å². The standard InChI is InChI=1S/C21H31NO5S/c1-15(2)19-7-6-16(3)11-20(19)27-13-21(23)22(12-18-5-4-9-26-18)17-8-10-28(24,25)14-17/h6-7,11,15,17-18H,4-5,8-10,12-14H2,1-3H3/t17-,18-/m1/s1. The van der Waals surface area contributed by atoms with E-state index < -0.39 is 9.84 Å². The van der Waals surface area contributed by atoms with Crippen LogP contribution < -0.4 is 4.74 Å². The number of benzene rings is 1. The Balaban J connectivity index is 1.71. The summed E-state index contributed by atoms with van der Waals surface area (Å²) in [5.74, 6) is 1.01. The van der Waals surface area contributed by atoms with Crippen LogP contribution in [0.4, 0.5) is 0 Å². The summed E-state index contributed by atoms with van der Waals surface area (Å²) in [5, 5.41) is 0. The van der Waals surface area contributed by atoms with Gasteiger partial charge in [-0.25, -0.2) is 8.42 Å². The van der Waals surface area contributed by atoms with Crippen molar-refractivity contribution in [1.29, 1.82) is 0 Å². The number of rotatable bonds is 7. The van der Waals surface area contributed by atoms with Crippen molar-refractivity contribution < 1.29 is 22.7 Å². The Hall–Kier alpha value is -1.60. The molecule has 0 spiro atoms. The van der Waals surface area contributed by atoms with Crippen LogP contribution in [-0.2, 0) is 19.4 Å². The second-order valence-corrected chi connectivity index (χ2v) is 10.5. The average molecular weight is 410 g/mol. The van der Waals surface area contributed by atoms with Crippen LogP contribution in [0.2, 0.25) is 0 Å². The zero-order valence-electron chi connectivity index (χ0n) is 17.0. The van der Waals surface area contributed by atoms with Gasteiger partial charge in [0.15, 0.2) is 16.4 Å². The molecule has 0 aliphatic carbocycles. The number of hydrogen-bond donors (Lipinski definition) is 0. The molecule has 28 heavy (non-hydrogen) atoms. The van der Waals surface area contributed by atoms with Crippen LogP contribution in [-0.4, -0.2) is 62.6 Å². The van der Waals surface area contributed by atoms with E-state index >= 15 is 0 Å². The Bertz CT molecular complexity index is 799. The largest absolute Gasteiger partial charge is 0.483 e. The highest BCUT2D eigenvalue weighted by atomic mass is 32.2. The molecule has 2 heterocycles.